The average Bonchev–Trinajstić information content (AvgIpc) is 2.73. The molecule has 0 aromatic heterocycles. The number of hydrogen-bond donors (Lipinski definition) is 1. The molecule has 0 fully saturated rings. The van der Waals surface area contributed by atoms with Gasteiger partial charge in [0.2, 0.25) is 0 Å². The quantitative estimate of drug-likeness (QED) is 0.301. The van der Waals surface area contributed by atoms with E-state index in [0.29, 0.717) is 10.5 Å². The molecular weight excluding hydrogens is 388 g/mol. The molecule has 0 heterocycles. The van der Waals surface area contributed by atoms with Crippen molar-refractivity contribution in [3.05, 3.63) is 97.1 Å². The van der Waals surface area contributed by atoms with Crippen LogP contribution in [0.1, 0.15) is 21.6 Å². The van der Waals surface area contributed by atoms with E-state index in [1.165, 1.54) is 11.1 Å². The molecule has 0 saturated carbocycles. The third kappa shape index (κ3) is 7.82. The molecule has 0 saturated heterocycles. The van der Waals surface area contributed by atoms with Gasteiger partial charge in [0, 0.05) is 33.0 Å². The lowest BCUT2D eigenvalue weighted by Gasteiger charge is -2.23. The van der Waals surface area contributed by atoms with Crippen molar-refractivity contribution in [1.29, 1.82) is 0 Å². The summed E-state index contributed by atoms with van der Waals surface area (Å²) in [5, 5.41) is 10.2. The minimum absolute atomic E-state index is 0.234. The summed E-state index contributed by atoms with van der Waals surface area (Å²) >= 11 is 5.72. The standard InChI is InChI=1S/C23H28OS3/c1-3-22(19-11-7-5-8-12-19)26-18-21(17-25-16-15-24)27-23(4-2)20-13-9-6-10-14-20/h3-14,21-24H,1-2,15-18H2. The Balaban J connectivity index is 2.01. The molecule has 0 aliphatic rings. The topological polar surface area (TPSA) is 20.2 Å². The largest absolute Gasteiger partial charge is 0.396 e. The Morgan fingerprint density at radius 1 is 0.815 bits per heavy atom. The Morgan fingerprint density at radius 2 is 1.37 bits per heavy atom. The van der Waals surface area contributed by atoms with Gasteiger partial charge in [-0.3, -0.25) is 0 Å². The van der Waals surface area contributed by atoms with Crippen LogP contribution in [0.3, 0.4) is 0 Å². The second-order valence-electron chi connectivity index (χ2n) is 6.02. The summed E-state index contributed by atoms with van der Waals surface area (Å²) in [4.78, 5) is 0. The lowest BCUT2D eigenvalue weighted by Crippen LogP contribution is -2.14. The number of aliphatic hydroxyl groups excluding tert-OH is 1. The summed E-state index contributed by atoms with van der Waals surface area (Å²) in [6, 6.07) is 21.1. The van der Waals surface area contributed by atoms with E-state index >= 15 is 0 Å². The van der Waals surface area contributed by atoms with Crippen LogP contribution in [0, 0.1) is 0 Å². The summed E-state index contributed by atoms with van der Waals surface area (Å²) in [5.41, 5.74) is 2.59. The molecule has 0 bridgehead atoms. The molecule has 2 aromatic rings. The van der Waals surface area contributed by atoms with Crippen LogP contribution < -0.4 is 0 Å². The Hall–Kier alpha value is -1.07. The molecule has 0 spiro atoms. The maximum absolute atomic E-state index is 9.13. The molecule has 2 rings (SSSR count). The lowest BCUT2D eigenvalue weighted by molar-refractivity contribution is 0.322. The molecule has 3 unspecified atom stereocenters. The highest BCUT2D eigenvalue weighted by Crippen LogP contribution is 2.38. The maximum Gasteiger partial charge on any atom is 0.0521 e. The molecule has 1 N–H and O–H groups in total. The van der Waals surface area contributed by atoms with Crippen molar-refractivity contribution < 1.29 is 5.11 Å². The fraction of sp³-hybridized carbons (Fsp3) is 0.304. The zero-order valence-electron chi connectivity index (χ0n) is 15.6. The average molecular weight is 417 g/mol. The van der Waals surface area contributed by atoms with Crippen molar-refractivity contribution in [2.24, 2.45) is 0 Å². The van der Waals surface area contributed by atoms with Crippen molar-refractivity contribution >= 4 is 35.3 Å². The van der Waals surface area contributed by atoms with Crippen LogP contribution in [0.2, 0.25) is 0 Å². The van der Waals surface area contributed by atoms with Crippen LogP contribution in [-0.2, 0) is 0 Å². The Labute approximate surface area is 176 Å². The molecule has 0 aliphatic carbocycles. The molecule has 1 nitrogen and oxygen atoms in total. The van der Waals surface area contributed by atoms with Gasteiger partial charge in [-0.15, -0.1) is 36.7 Å². The van der Waals surface area contributed by atoms with Gasteiger partial charge in [0.15, 0.2) is 0 Å². The molecule has 0 radical (unpaired) electrons. The van der Waals surface area contributed by atoms with Crippen LogP contribution in [0.15, 0.2) is 86.0 Å². The van der Waals surface area contributed by atoms with Crippen LogP contribution in [0.25, 0.3) is 0 Å². The second kappa shape index (κ2) is 13.2. The smallest absolute Gasteiger partial charge is 0.0521 e. The molecule has 0 amide bonds. The Bertz CT molecular complexity index is 660. The van der Waals surface area contributed by atoms with Gasteiger partial charge in [-0.05, 0) is 11.1 Å². The zero-order valence-corrected chi connectivity index (χ0v) is 18.0. The van der Waals surface area contributed by atoms with Gasteiger partial charge in [0.05, 0.1) is 6.61 Å². The summed E-state index contributed by atoms with van der Waals surface area (Å²) in [6.07, 6.45) is 4.07. The molecule has 144 valence electrons. The minimum atomic E-state index is 0.234. The zero-order chi connectivity index (χ0) is 19.3. The van der Waals surface area contributed by atoms with Crippen molar-refractivity contribution in [3.8, 4) is 0 Å². The van der Waals surface area contributed by atoms with Crippen LogP contribution in [0.4, 0.5) is 0 Å². The van der Waals surface area contributed by atoms with E-state index in [2.05, 4.69) is 61.7 Å². The predicted molar refractivity (Wildman–Crippen MR) is 127 cm³/mol. The van der Waals surface area contributed by atoms with Crippen LogP contribution in [0.5, 0.6) is 0 Å². The summed E-state index contributed by atoms with van der Waals surface area (Å²) in [7, 11) is 0. The third-order valence-electron chi connectivity index (χ3n) is 4.02. The van der Waals surface area contributed by atoms with E-state index in [-0.39, 0.29) is 11.9 Å². The maximum atomic E-state index is 9.13. The number of thioether (sulfide) groups is 3. The van der Waals surface area contributed by atoms with Crippen LogP contribution in [-0.4, -0.2) is 34.2 Å². The van der Waals surface area contributed by atoms with Gasteiger partial charge in [0.25, 0.3) is 0 Å². The van der Waals surface area contributed by atoms with Gasteiger partial charge in [-0.2, -0.15) is 11.8 Å². The van der Waals surface area contributed by atoms with Gasteiger partial charge >= 0.3 is 0 Å². The van der Waals surface area contributed by atoms with Crippen molar-refractivity contribution in [2.75, 3.05) is 23.9 Å². The van der Waals surface area contributed by atoms with E-state index in [1.807, 2.05) is 59.6 Å². The van der Waals surface area contributed by atoms with Gasteiger partial charge in [-0.1, -0.05) is 72.8 Å². The van der Waals surface area contributed by atoms with E-state index in [9.17, 15) is 0 Å². The van der Waals surface area contributed by atoms with Crippen molar-refractivity contribution in [3.63, 3.8) is 0 Å². The fourth-order valence-electron chi connectivity index (χ4n) is 2.68. The Kier molecular flexibility index (Phi) is 10.8. The highest BCUT2D eigenvalue weighted by atomic mass is 32.2. The van der Waals surface area contributed by atoms with Crippen molar-refractivity contribution in [2.45, 2.75) is 15.7 Å². The van der Waals surface area contributed by atoms with Gasteiger partial charge in [0.1, 0.15) is 0 Å². The number of hydrogen-bond acceptors (Lipinski definition) is 4. The molecule has 2 aromatic carbocycles. The minimum Gasteiger partial charge on any atom is -0.396 e. The summed E-state index contributed by atoms with van der Waals surface area (Å²) < 4.78 is 0. The first kappa shape index (κ1) is 22.2. The lowest BCUT2D eigenvalue weighted by atomic mass is 10.1. The molecule has 3 atom stereocenters. The third-order valence-corrected chi connectivity index (χ3v) is 8.45. The van der Waals surface area contributed by atoms with Crippen LogP contribution >= 0.6 is 35.3 Å². The molecular formula is C23H28OS3. The number of rotatable bonds is 13. The monoisotopic (exact) mass is 416 g/mol. The normalized spacial score (nSPS) is 14.3. The predicted octanol–water partition coefficient (Wildman–Crippen LogP) is 6.40. The SMILES string of the molecule is C=CC(SCC(CSCCO)SC(C=C)c1ccccc1)c1ccccc1. The fourth-order valence-corrected chi connectivity index (χ4v) is 6.52. The first-order chi connectivity index (χ1) is 13.3. The number of benzene rings is 2. The highest BCUT2D eigenvalue weighted by Gasteiger charge is 2.19. The second-order valence-corrected chi connectivity index (χ2v) is 9.79. The van der Waals surface area contributed by atoms with Crippen molar-refractivity contribution in [1.82, 2.24) is 0 Å². The summed E-state index contributed by atoms with van der Waals surface area (Å²) in [6.45, 7) is 8.32. The first-order valence-electron chi connectivity index (χ1n) is 9.09. The molecule has 0 aliphatic heterocycles. The number of aliphatic hydroxyl groups is 1. The van der Waals surface area contributed by atoms with Gasteiger partial charge in [-0.25, -0.2) is 0 Å². The molecule has 27 heavy (non-hydrogen) atoms. The Morgan fingerprint density at radius 3 is 1.89 bits per heavy atom. The van der Waals surface area contributed by atoms with E-state index in [4.69, 9.17) is 5.11 Å². The highest BCUT2D eigenvalue weighted by molar-refractivity contribution is 8.05. The summed E-state index contributed by atoms with van der Waals surface area (Å²) in [5.74, 6) is 2.84. The molecule has 4 heteroatoms. The van der Waals surface area contributed by atoms with Gasteiger partial charge < -0.3 is 5.11 Å². The van der Waals surface area contributed by atoms with E-state index in [0.717, 1.165) is 17.3 Å². The first-order valence-corrected chi connectivity index (χ1v) is 12.2. The van der Waals surface area contributed by atoms with E-state index < -0.39 is 0 Å². The van der Waals surface area contributed by atoms with E-state index in [1.54, 1.807) is 0 Å².